The van der Waals surface area contributed by atoms with Crippen LogP contribution >= 0.6 is 15.9 Å². The Morgan fingerprint density at radius 2 is 2.00 bits per heavy atom. The molecule has 0 spiro atoms. The van der Waals surface area contributed by atoms with Crippen LogP contribution in [0.25, 0.3) is 0 Å². The van der Waals surface area contributed by atoms with Gasteiger partial charge < -0.3 is 5.32 Å². The summed E-state index contributed by atoms with van der Waals surface area (Å²) in [6.07, 6.45) is 1.62. The van der Waals surface area contributed by atoms with Crippen LogP contribution in [-0.4, -0.2) is 32.9 Å². The molecular weight excluding hydrogens is 318 g/mol. The number of sulfone groups is 1. The Hall–Kier alpha value is -0.880. The van der Waals surface area contributed by atoms with Crippen molar-refractivity contribution in [3.8, 4) is 0 Å². The molecule has 0 unspecified atom stereocenters. The standard InChI is InChI=1S/C12H16BrNO3S/c1-9-6-10(8-11(13)7-9)12(15)14-4-3-5-18(2,16)17/h6-8H,3-5H2,1-2H3,(H,14,15). The zero-order valence-corrected chi connectivity index (χ0v) is 12.8. The molecule has 6 heteroatoms. The lowest BCUT2D eigenvalue weighted by Crippen LogP contribution is -2.25. The minimum atomic E-state index is -2.96. The summed E-state index contributed by atoms with van der Waals surface area (Å²) in [5.74, 6) is -0.0990. The first kappa shape index (κ1) is 15.2. The zero-order chi connectivity index (χ0) is 13.8. The molecule has 0 saturated heterocycles. The molecule has 1 rings (SSSR count). The molecule has 0 radical (unpaired) electrons. The molecule has 4 nitrogen and oxygen atoms in total. The molecule has 0 fully saturated rings. The highest BCUT2D eigenvalue weighted by Gasteiger charge is 2.07. The predicted octanol–water partition coefficient (Wildman–Crippen LogP) is 1.92. The molecule has 1 amide bonds. The Morgan fingerprint density at radius 3 is 2.56 bits per heavy atom. The van der Waals surface area contributed by atoms with E-state index in [1.54, 1.807) is 12.1 Å². The van der Waals surface area contributed by atoms with Crippen LogP contribution in [-0.2, 0) is 9.84 Å². The monoisotopic (exact) mass is 333 g/mol. The third kappa shape index (κ3) is 5.64. The summed E-state index contributed by atoms with van der Waals surface area (Å²) < 4.78 is 22.7. The first-order valence-corrected chi connectivity index (χ1v) is 8.36. The first-order valence-electron chi connectivity index (χ1n) is 5.51. The number of amides is 1. The lowest BCUT2D eigenvalue weighted by molar-refractivity contribution is 0.0953. The summed E-state index contributed by atoms with van der Waals surface area (Å²) >= 11 is 3.33. The van der Waals surface area contributed by atoms with Crippen molar-refractivity contribution in [1.82, 2.24) is 5.32 Å². The minimum Gasteiger partial charge on any atom is -0.352 e. The second-order valence-electron chi connectivity index (χ2n) is 4.26. The van der Waals surface area contributed by atoms with Crippen LogP contribution in [0.5, 0.6) is 0 Å². The Labute approximate surface area is 116 Å². The quantitative estimate of drug-likeness (QED) is 0.837. The Bertz CT molecular complexity index is 520. The van der Waals surface area contributed by atoms with Gasteiger partial charge in [0.25, 0.3) is 5.91 Å². The molecule has 1 aromatic rings. The normalized spacial score (nSPS) is 11.3. The van der Waals surface area contributed by atoms with Crippen molar-refractivity contribution in [2.45, 2.75) is 13.3 Å². The van der Waals surface area contributed by atoms with E-state index in [4.69, 9.17) is 0 Å². The summed E-state index contributed by atoms with van der Waals surface area (Å²) in [6, 6.07) is 5.44. The molecule has 18 heavy (non-hydrogen) atoms. The van der Waals surface area contributed by atoms with Crippen LogP contribution in [0.2, 0.25) is 0 Å². The van der Waals surface area contributed by atoms with E-state index in [1.807, 2.05) is 13.0 Å². The average Bonchev–Trinajstić information content (AvgIpc) is 2.21. The highest BCUT2D eigenvalue weighted by Crippen LogP contribution is 2.15. The van der Waals surface area contributed by atoms with Gasteiger partial charge in [-0.2, -0.15) is 0 Å². The number of hydrogen-bond acceptors (Lipinski definition) is 3. The van der Waals surface area contributed by atoms with E-state index in [0.717, 1.165) is 10.0 Å². The third-order valence-electron chi connectivity index (χ3n) is 2.28. The number of benzene rings is 1. The molecule has 0 heterocycles. The van der Waals surface area contributed by atoms with Crippen molar-refractivity contribution in [2.24, 2.45) is 0 Å². The molecular formula is C12H16BrNO3S. The fraction of sp³-hybridized carbons (Fsp3) is 0.417. The van der Waals surface area contributed by atoms with Gasteiger partial charge in [-0.1, -0.05) is 15.9 Å². The summed E-state index contributed by atoms with van der Waals surface area (Å²) in [5, 5.41) is 2.70. The maximum Gasteiger partial charge on any atom is 0.251 e. The smallest absolute Gasteiger partial charge is 0.251 e. The first-order chi connectivity index (χ1) is 8.28. The van der Waals surface area contributed by atoms with Gasteiger partial charge in [-0.15, -0.1) is 0 Å². The average molecular weight is 334 g/mol. The minimum absolute atomic E-state index is 0.0881. The third-order valence-corrected chi connectivity index (χ3v) is 3.77. The number of nitrogens with one attached hydrogen (secondary N) is 1. The van der Waals surface area contributed by atoms with E-state index in [9.17, 15) is 13.2 Å². The van der Waals surface area contributed by atoms with Crippen LogP contribution in [0.1, 0.15) is 22.3 Å². The molecule has 1 N–H and O–H groups in total. The molecule has 0 aliphatic carbocycles. The van der Waals surface area contributed by atoms with Crippen LogP contribution in [0, 0.1) is 6.92 Å². The van der Waals surface area contributed by atoms with Crippen LogP contribution in [0.15, 0.2) is 22.7 Å². The van der Waals surface area contributed by atoms with E-state index >= 15 is 0 Å². The number of halogens is 1. The second kappa shape index (κ2) is 6.33. The molecule has 0 atom stereocenters. The van der Waals surface area contributed by atoms with Gasteiger partial charge in [-0.25, -0.2) is 8.42 Å². The highest BCUT2D eigenvalue weighted by molar-refractivity contribution is 9.10. The summed E-state index contributed by atoms with van der Waals surface area (Å²) in [6.45, 7) is 2.27. The van der Waals surface area contributed by atoms with Crippen molar-refractivity contribution in [3.63, 3.8) is 0 Å². The maximum absolute atomic E-state index is 11.8. The Morgan fingerprint density at radius 1 is 1.33 bits per heavy atom. The van der Waals surface area contributed by atoms with Crippen molar-refractivity contribution < 1.29 is 13.2 Å². The van der Waals surface area contributed by atoms with Crippen LogP contribution in [0.3, 0.4) is 0 Å². The maximum atomic E-state index is 11.8. The Kier molecular flexibility index (Phi) is 5.34. The zero-order valence-electron chi connectivity index (χ0n) is 10.4. The SMILES string of the molecule is Cc1cc(Br)cc(C(=O)NCCCS(C)(=O)=O)c1. The lowest BCUT2D eigenvalue weighted by atomic mass is 10.1. The van der Waals surface area contributed by atoms with Crippen molar-refractivity contribution >= 4 is 31.7 Å². The summed E-state index contributed by atoms with van der Waals surface area (Å²) in [5.41, 5.74) is 1.56. The largest absolute Gasteiger partial charge is 0.352 e. The Balaban J connectivity index is 2.51. The molecule has 0 bridgehead atoms. The van der Waals surface area contributed by atoms with Gasteiger partial charge in [0.2, 0.25) is 0 Å². The van der Waals surface area contributed by atoms with Gasteiger partial charge in [0.15, 0.2) is 0 Å². The second-order valence-corrected chi connectivity index (χ2v) is 7.43. The van der Waals surface area contributed by atoms with Crippen molar-refractivity contribution in [2.75, 3.05) is 18.6 Å². The van der Waals surface area contributed by atoms with Gasteiger partial charge in [-0.3, -0.25) is 4.79 Å². The molecule has 0 aliphatic rings. The number of carbonyl (C=O) groups excluding carboxylic acids is 1. The van der Waals surface area contributed by atoms with Gasteiger partial charge >= 0.3 is 0 Å². The number of hydrogen-bond donors (Lipinski definition) is 1. The van der Waals surface area contributed by atoms with Gasteiger partial charge in [-0.05, 0) is 37.1 Å². The number of aryl methyl sites for hydroxylation is 1. The van der Waals surface area contributed by atoms with Crippen molar-refractivity contribution in [1.29, 1.82) is 0 Å². The van der Waals surface area contributed by atoms with Crippen molar-refractivity contribution in [3.05, 3.63) is 33.8 Å². The number of rotatable bonds is 5. The van der Waals surface area contributed by atoms with E-state index in [-0.39, 0.29) is 11.7 Å². The van der Waals surface area contributed by atoms with E-state index in [0.29, 0.717) is 18.5 Å². The predicted molar refractivity (Wildman–Crippen MR) is 75.5 cm³/mol. The van der Waals surface area contributed by atoms with Gasteiger partial charge in [0, 0.05) is 22.8 Å². The topological polar surface area (TPSA) is 63.2 Å². The molecule has 1 aromatic carbocycles. The fourth-order valence-corrected chi connectivity index (χ4v) is 2.78. The van der Waals surface area contributed by atoms with E-state index < -0.39 is 9.84 Å². The summed E-state index contributed by atoms with van der Waals surface area (Å²) in [7, 11) is -2.96. The van der Waals surface area contributed by atoms with E-state index in [1.165, 1.54) is 6.26 Å². The van der Waals surface area contributed by atoms with Gasteiger partial charge in [0.1, 0.15) is 9.84 Å². The lowest BCUT2D eigenvalue weighted by Gasteiger charge is -2.06. The van der Waals surface area contributed by atoms with E-state index in [2.05, 4.69) is 21.2 Å². The van der Waals surface area contributed by atoms with Crippen LogP contribution in [0.4, 0.5) is 0 Å². The molecule has 100 valence electrons. The fourth-order valence-electron chi connectivity index (χ4n) is 1.51. The number of carbonyl (C=O) groups is 1. The molecule has 0 saturated carbocycles. The summed E-state index contributed by atoms with van der Waals surface area (Å²) in [4.78, 5) is 11.8. The molecule has 0 aromatic heterocycles. The highest BCUT2D eigenvalue weighted by atomic mass is 79.9. The van der Waals surface area contributed by atoms with Gasteiger partial charge in [0.05, 0.1) is 5.75 Å². The molecule has 0 aliphatic heterocycles. The van der Waals surface area contributed by atoms with Crippen LogP contribution < -0.4 is 5.32 Å².